The highest BCUT2D eigenvalue weighted by atomic mass is 19.4. The number of rotatable bonds is 6. The number of Topliss-reactive ketones (excluding diaryl/α,β-unsaturated/α-hetero) is 2. The third-order valence-corrected chi connectivity index (χ3v) is 2.61. The predicted octanol–water partition coefficient (Wildman–Crippen LogP) is 3.90. The summed E-state index contributed by atoms with van der Waals surface area (Å²) in [6.07, 6.45) is -11.7. The van der Waals surface area contributed by atoms with E-state index in [1.165, 1.54) is 0 Å². The molecule has 0 spiro atoms. The maximum atomic E-state index is 13.7. The summed E-state index contributed by atoms with van der Waals surface area (Å²) in [7, 11) is 0. The lowest BCUT2D eigenvalue weighted by atomic mass is 9.84. The number of allylic oxidation sites excluding steroid dienone is 1. The van der Waals surface area contributed by atoms with Gasteiger partial charge in [0, 0.05) is 0 Å². The SMILES string of the molecule is N#CC(F)(F)C(F)(F)C(=O)C(F)(C(F)(F)F)C(F)(F)C(=O)C(F)=C(F)F. The van der Waals surface area contributed by atoms with Crippen molar-refractivity contribution in [2.45, 2.75) is 29.6 Å². The number of carbonyl (C=O) groups excluding carboxylic acids is 2. The zero-order chi connectivity index (χ0) is 21.5. The molecule has 0 fully saturated rings. The average Bonchev–Trinajstić information content (AvgIpc) is 2.49. The lowest BCUT2D eigenvalue weighted by molar-refractivity contribution is -0.293. The molecule has 26 heavy (non-hydrogen) atoms. The van der Waals surface area contributed by atoms with Crippen LogP contribution in [0, 0.1) is 11.3 Å². The zero-order valence-electron chi connectivity index (χ0n) is 11.2. The summed E-state index contributed by atoms with van der Waals surface area (Å²) in [6, 6.07) is -0.764. The van der Waals surface area contributed by atoms with Crippen LogP contribution in [0.3, 0.4) is 0 Å². The number of hydrogen-bond acceptors (Lipinski definition) is 3. The van der Waals surface area contributed by atoms with Gasteiger partial charge in [0.05, 0.1) is 0 Å². The summed E-state index contributed by atoms with van der Waals surface area (Å²) in [6.45, 7) is 0. The van der Waals surface area contributed by atoms with Crippen molar-refractivity contribution in [1.82, 2.24) is 0 Å². The van der Waals surface area contributed by atoms with Crippen molar-refractivity contribution < 1.29 is 66.7 Å². The van der Waals surface area contributed by atoms with Crippen LogP contribution in [0.2, 0.25) is 0 Å². The summed E-state index contributed by atoms with van der Waals surface area (Å²) in [5.41, 5.74) is -7.59. The zero-order valence-corrected chi connectivity index (χ0v) is 11.2. The van der Waals surface area contributed by atoms with Gasteiger partial charge >= 0.3 is 35.7 Å². The summed E-state index contributed by atoms with van der Waals surface area (Å²) in [5, 5.41) is 7.66. The Morgan fingerprint density at radius 1 is 0.731 bits per heavy atom. The van der Waals surface area contributed by atoms with E-state index in [9.17, 15) is 66.7 Å². The largest absolute Gasteiger partial charge is 0.436 e. The van der Waals surface area contributed by atoms with Gasteiger partial charge in [0.2, 0.25) is 5.83 Å². The minimum Gasteiger partial charge on any atom is -0.288 e. The molecule has 0 rings (SSSR count). The Labute approximate surface area is 132 Å². The van der Waals surface area contributed by atoms with E-state index in [4.69, 9.17) is 5.26 Å². The van der Waals surface area contributed by atoms with E-state index in [-0.39, 0.29) is 0 Å². The molecule has 0 heterocycles. The first-order valence-electron chi connectivity index (χ1n) is 5.34. The second kappa shape index (κ2) is 6.43. The fourth-order valence-corrected chi connectivity index (χ4v) is 1.26. The van der Waals surface area contributed by atoms with Gasteiger partial charge in [0.15, 0.2) is 0 Å². The Morgan fingerprint density at radius 2 is 1.12 bits per heavy atom. The Morgan fingerprint density at radius 3 is 1.38 bits per heavy atom. The molecule has 0 N–H and O–H groups in total. The van der Waals surface area contributed by atoms with Gasteiger partial charge < -0.3 is 0 Å². The number of hydrogen-bond donors (Lipinski definition) is 0. The molecule has 0 aliphatic carbocycles. The third-order valence-electron chi connectivity index (χ3n) is 2.61. The van der Waals surface area contributed by atoms with Gasteiger partial charge in [-0.2, -0.15) is 57.9 Å². The van der Waals surface area contributed by atoms with Crippen molar-refractivity contribution in [3.63, 3.8) is 0 Å². The first kappa shape index (κ1) is 23.7. The Hall–Kier alpha value is -2.34. The van der Waals surface area contributed by atoms with Gasteiger partial charge in [-0.1, -0.05) is 0 Å². The first-order chi connectivity index (χ1) is 11.2. The van der Waals surface area contributed by atoms with Crippen molar-refractivity contribution in [3.05, 3.63) is 11.9 Å². The highest BCUT2D eigenvalue weighted by Crippen LogP contribution is 2.52. The molecular formula is C10F13NO2. The van der Waals surface area contributed by atoms with Crippen LogP contribution in [-0.4, -0.2) is 41.2 Å². The molecule has 0 amide bonds. The number of alkyl halides is 10. The highest BCUT2D eigenvalue weighted by Gasteiger charge is 2.85. The molecule has 0 aromatic heterocycles. The maximum absolute atomic E-state index is 13.7. The van der Waals surface area contributed by atoms with Crippen molar-refractivity contribution in [2.75, 3.05) is 0 Å². The number of ketones is 2. The molecule has 1 unspecified atom stereocenters. The van der Waals surface area contributed by atoms with E-state index < -0.39 is 59.2 Å². The van der Waals surface area contributed by atoms with Crippen LogP contribution < -0.4 is 0 Å². The second-order valence-corrected chi connectivity index (χ2v) is 4.22. The van der Waals surface area contributed by atoms with Gasteiger partial charge in [0.25, 0.3) is 11.6 Å². The summed E-state index contributed by atoms with van der Waals surface area (Å²) < 4.78 is 165. The fourth-order valence-electron chi connectivity index (χ4n) is 1.26. The minimum atomic E-state index is -7.61. The molecule has 0 saturated carbocycles. The standard InChI is InChI=1S/C10F13NO2/c11-2(4(12)13)3(25)8(17,18)7(16,10(21,22)23)5(26)9(19,20)6(14,15)1-24. The number of carbonyl (C=O) groups is 2. The van der Waals surface area contributed by atoms with Crippen LogP contribution in [0.5, 0.6) is 0 Å². The van der Waals surface area contributed by atoms with Crippen LogP contribution in [0.1, 0.15) is 0 Å². The minimum absolute atomic E-state index is 0.764. The molecule has 0 radical (unpaired) electrons. The first-order valence-corrected chi connectivity index (χ1v) is 5.34. The van der Waals surface area contributed by atoms with Gasteiger partial charge in [-0.15, -0.1) is 0 Å². The Bertz CT molecular complexity index is 682. The van der Waals surface area contributed by atoms with Crippen molar-refractivity contribution >= 4 is 11.6 Å². The van der Waals surface area contributed by atoms with Gasteiger partial charge in [-0.25, -0.2) is 4.39 Å². The van der Waals surface area contributed by atoms with Gasteiger partial charge in [-0.3, -0.25) is 9.59 Å². The van der Waals surface area contributed by atoms with Gasteiger partial charge in [0.1, 0.15) is 6.07 Å². The summed E-state index contributed by atoms with van der Waals surface area (Å²) >= 11 is 0. The van der Waals surface area contributed by atoms with E-state index in [1.54, 1.807) is 0 Å². The number of halogens is 13. The van der Waals surface area contributed by atoms with Crippen LogP contribution in [0.15, 0.2) is 11.9 Å². The highest BCUT2D eigenvalue weighted by molar-refractivity contribution is 6.07. The topological polar surface area (TPSA) is 57.9 Å². The smallest absolute Gasteiger partial charge is 0.288 e. The molecule has 16 heteroatoms. The van der Waals surface area contributed by atoms with Crippen LogP contribution in [0.25, 0.3) is 0 Å². The van der Waals surface area contributed by atoms with Crippen LogP contribution in [0.4, 0.5) is 57.1 Å². The monoisotopic (exact) mass is 413 g/mol. The normalized spacial score (nSPS) is 15.7. The summed E-state index contributed by atoms with van der Waals surface area (Å²) in [5.74, 6) is -34.5. The lowest BCUT2D eigenvalue weighted by Gasteiger charge is -2.34. The molecular weight excluding hydrogens is 413 g/mol. The predicted molar refractivity (Wildman–Crippen MR) is 50.7 cm³/mol. The molecule has 0 aliphatic heterocycles. The maximum Gasteiger partial charge on any atom is 0.436 e. The Kier molecular flexibility index (Phi) is 5.85. The van der Waals surface area contributed by atoms with E-state index in [2.05, 4.69) is 0 Å². The number of nitrogens with zero attached hydrogens (tertiary/aromatic N) is 1. The van der Waals surface area contributed by atoms with Gasteiger partial charge in [-0.05, 0) is 0 Å². The van der Waals surface area contributed by atoms with Crippen LogP contribution in [-0.2, 0) is 9.59 Å². The molecule has 1 atom stereocenters. The molecule has 3 nitrogen and oxygen atoms in total. The third kappa shape index (κ3) is 3.21. The van der Waals surface area contributed by atoms with E-state index in [0.29, 0.717) is 0 Å². The second-order valence-electron chi connectivity index (χ2n) is 4.22. The quantitative estimate of drug-likeness (QED) is 0.491. The molecule has 0 aliphatic rings. The molecule has 0 aromatic rings. The van der Waals surface area contributed by atoms with Crippen LogP contribution >= 0.6 is 0 Å². The van der Waals surface area contributed by atoms with E-state index in [0.717, 1.165) is 0 Å². The molecule has 0 saturated heterocycles. The van der Waals surface area contributed by atoms with Crippen molar-refractivity contribution in [1.29, 1.82) is 5.26 Å². The van der Waals surface area contributed by atoms with E-state index in [1.807, 2.05) is 0 Å². The molecule has 0 aromatic carbocycles. The number of nitriles is 1. The van der Waals surface area contributed by atoms with E-state index >= 15 is 0 Å². The molecule has 148 valence electrons. The lowest BCUT2D eigenvalue weighted by Crippen LogP contribution is -2.69. The van der Waals surface area contributed by atoms with Crippen molar-refractivity contribution in [2.24, 2.45) is 0 Å². The average molecular weight is 413 g/mol. The molecule has 0 bridgehead atoms. The Balaban J connectivity index is 6.81. The van der Waals surface area contributed by atoms with Crippen molar-refractivity contribution in [3.8, 4) is 6.07 Å². The fraction of sp³-hybridized carbons (Fsp3) is 0.500. The summed E-state index contributed by atoms with van der Waals surface area (Å²) in [4.78, 5) is 21.4.